The van der Waals surface area contributed by atoms with Crippen molar-refractivity contribution in [1.29, 1.82) is 0 Å². The number of aromatic nitrogens is 2. The molecule has 0 aliphatic heterocycles. The predicted octanol–water partition coefficient (Wildman–Crippen LogP) is 4.46. The number of halogens is 4. The molecule has 0 radical (unpaired) electrons. The Morgan fingerprint density at radius 2 is 2.12 bits per heavy atom. The first kappa shape index (κ1) is 13.6. The first-order valence-electron chi connectivity index (χ1n) is 4.77. The highest BCUT2D eigenvalue weighted by Crippen LogP contribution is 2.30. The molecule has 0 spiro atoms. The first-order valence-corrected chi connectivity index (χ1v) is 6.27. The minimum Gasteiger partial charge on any atom is -0.250 e. The van der Waals surface area contributed by atoms with Gasteiger partial charge in [-0.3, -0.25) is 4.68 Å². The van der Waals surface area contributed by atoms with Crippen molar-refractivity contribution in [1.82, 2.24) is 9.78 Å². The van der Waals surface area contributed by atoms with E-state index in [2.05, 4.69) is 21.0 Å². The number of hydrogen-bond donors (Lipinski definition) is 0. The minimum absolute atomic E-state index is 0.0453. The van der Waals surface area contributed by atoms with E-state index >= 15 is 0 Å². The van der Waals surface area contributed by atoms with Crippen molar-refractivity contribution in [3.63, 3.8) is 0 Å². The quantitative estimate of drug-likeness (QED) is 0.750. The van der Waals surface area contributed by atoms with E-state index in [-0.39, 0.29) is 16.9 Å². The fraction of sp³-hybridized carbons (Fsp3) is 0.500. The van der Waals surface area contributed by atoms with Crippen LogP contribution in [0.25, 0.3) is 6.08 Å². The molecule has 16 heavy (non-hydrogen) atoms. The van der Waals surface area contributed by atoms with Gasteiger partial charge in [0.15, 0.2) is 0 Å². The maximum atomic E-state index is 12.7. The molecule has 1 rings (SSSR count). The fourth-order valence-electron chi connectivity index (χ4n) is 1.26. The summed E-state index contributed by atoms with van der Waals surface area (Å²) in [5, 5.41) is 4.66. The van der Waals surface area contributed by atoms with E-state index in [1.165, 1.54) is 4.68 Å². The van der Waals surface area contributed by atoms with Gasteiger partial charge in [0.1, 0.15) is 10.8 Å². The van der Waals surface area contributed by atoms with Gasteiger partial charge >= 0.3 is 0 Å². The lowest BCUT2D eigenvalue weighted by atomic mass is 10.2. The highest BCUT2D eigenvalue weighted by atomic mass is 79.9. The topological polar surface area (TPSA) is 17.8 Å². The summed E-state index contributed by atoms with van der Waals surface area (Å²) < 4.78 is 26.9. The summed E-state index contributed by atoms with van der Waals surface area (Å²) in [6, 6.07) is -0.0453. The Bertz CT molecular complexity index is 388. The lowest BCUT2D eigenvalue weighted by Gasteiger charge is -2.05. The van der Waals surface area contributed by atoms with Crippen LogP contribution in [0.3, 0.4) is 0 Å². The van der Waals surface area contributed by atoms with Crippen LogP contribution in [0.15, 0.2) is 6.08 Å². The third kappa shape index (κ3) is 2.83. The van der Waals surface area contributed by atoms with Gasteiger partial charge in [-0.05, 0) is 13.8 Å². The Morgan fingerprint density at radius 3 is 2.56 bits per heavy atom. The summed E-state index contributed by atoms with van der Waals surface area (Å²) in [7, 11) is 0. The SMILES string of the molecule is CC(C)n1nc(C(F)F)c(/C=C/CBr)c1Cl. The minimum atomic E-state index is -2.62. The highest BCUT2D eigenvalue weighted by molar-refractivity contribution is 9.09. The van der Waals surface area contributed by atoms with E-state index in [1.807, 2.05) is 13.8 Å². The third-order valence-corrected chi connectivity index (χ3v) is 2.73. The average molecular weight is 314 g/mol. The number of alkyl halides is 3. The van der Waals surface area contributed by atoms with Gasteiger partial charge in [-0.15, -0.1) is 0 Å². The monoisotopic (exact) mass is 312 g/mol. The van der Waals surface area contributed by atoms with Crippen LogP contribution in [0, 0.1) is 0 Å². The second kappa shape index (κ2) is 5.77. The second-order valence-electron chi connectivity index (χ2n) is 3.49. The van der Waals surface area contributed by atoms with Crippen LogP contribution in [0.2, 0.25) is 5.15 Å². The Morgan fingerprint density at radius 1 is 1.50 bits per heavy atom. The van der Waals surface area contributed by atoms with Crippen LogP contribution < -0.4 is 0 Å². The van der Waals surface area contributed by atoms with Gasteiger partial charge in [0.25, 0.3) is 6.43 Å². The van der Waals surface area contributed by atoms with Crippen molar-refractivity contribution < 1.29 is 8.78 Å². The van der Waals surface area contributed by atoms with E-state index in [9.17, 15) is 8.78 Å². The molecule has 0 saturated heterocycles. The smallest absolute Gasteiger partial charge is 0.250 e. The van der Waals surface area contributed by atoms with Crippen molar-refractivity contribution in [3.8, 4) is 0 Å². The van der Waals surface area contributed by atoms with Crippen LogP contribution >= 0.6 is 27.5 Å². The summed E-state index contributed by atoms with van der Waals surface area (Å²) in [4.78, 5) is 0. The second-order valence-corrected chi connectivity index (χ2v) is 4.49. The molecule has 0 unspecified atom stereocenters. The summed E-state index contributed by atoms with van der Waals surface area (Å²) in [5.74, 6) is 0. The highest BCUT2D eigenvalue weighted by Gasteiger charge is 2.22. The molecular weight excluding hydrogens is 301 g/mol. The molecule has 0 saturated carbocycles. The van der Waals surface area contributed by atoms with E-state index in [4.69, 9.17) is 11.6 Å². The normalized spacial score (nSPS) is 12.2. The lowest BCUT2D eigenvalue weighted by Crippen LogP contribution is -2.03. The van der Waals surface area contributed by atoms with Gasteiger partial charge < -0.3 is 0 Å². The molecule has 0 N–H and O–H groups in total. The summed E-state index contributed by atoms with van der Waals surface area (Å²) in [6.07, 6.45) is 0.650. The molecule has 0 bridgehead atoms. The third-order valence-electron chi connectivity index (χ3n) is 1.98. The Balaban J connectivity index is 3.26. The molecule has 90 valence electrons. The van der Waals surface area contributed by atoms with Crippen LogP contribution in [0.5, 0.6) is 0 Å². The Hall–Kier alpha value is -0.420. The number of allylic oxidation sites excluding steroid dienone is 1. The zero-order valence-electron chi connectivity index (χ0n) is 8.92. The first-order chi connectivity index (χ1) is 7.49. The molecule has 1 heterocycles. The van der Waals surface area contributed by atoms with Crippen molar-refractivity contribution in [2.45, 2.75) is 26.3 Å². The summed E-state index contributed by atoms with van der Waals surface area (Å²) in [6.45, 7) is 3.68. The van der Waals surface area contributed by atoms with E-state index in [0.29, 0.717) is 10.9 Å². The van der Waals surface area contributed by atoms with Crippen LogP contribution in [-0.4, -0.2) is 15.1 Å². The molecule has 0 atom stereocenters. The van der Waals surface area contributed by atoms with Crippen LogP contribution in [0.4, 0.5) is 8.78 Å². The van der Waals surface area contributed by atoms with Crippen molar-refractivity contribution in [2.24, 2.45) is 0 Å². The number of hydrogen-bond acceptors (Lipinski definition) is 1. The zero-order valence-corrected chi connectivity index (χ0v) is 11.3. The molecule has 6 heteroatoms. The molecule has 0 amide bonds. The maximum Gasteiger partial charge on any atom is 0.282 e. The zero-order chi connectivity index (χ0) is 12.3. The van der Waals surface area contributed by atoms with Gasteiger partial charge in [-0.2, -0.15) is 5.10 Å². The molecule has 0 aromatic carbocycles. The molecule has 0 aliphatic rings. The Labute approximate surface area is 106 Å². The van der Waals surface area contributed by atoms with Crippen molar-refractivity contribution in [2.75, 3.05) is 5.33 Å². The molecule has 0 fully saturated rings. The molecule has 2 nitrogen and oxygen atoms in total. The van der Waals surface area contributed by atoms with E-state index in [0.717, 1.165) is 0 Å². The molecule has 1 aromatic rings. The van der Waals surface area contributed by atoms with Crippen molar-refractivity contribution >= 4 is 33.6 Å². The number of rotatable bonds is 4. The fourth-order valence-corrected chi connectivity index (χ4v) is 1.84. The lowest BCUT2D eigenvalue weighted by molar-refractivity contribution is 0.144. The largest absolute Gasteiger partial charge is 0.282 e. The van der Waals surface area contributed by atoms with Gasteiger partial charge in [-0.1, -0.05) is 39.7 Å². The number of nitrogens with zero attached hydrogens (tertiary/aromatic N) is 2. The predicted molar refractivity (Wildman–Crippen MR) is 65.4 cm³/mol. The summed E-state index contributed by atoms with van der Waals surface area (Å²) >= 11 is 9.19. The molecule has 0 aliphatic carbocycles. The van der Waals surface area contributed by atoms with Gasteiger partial charge in [0, 0.05) is 16.9 Å². The van der Waals surface area contributed by atoms with Crippen LogP contribution in [-0.2, 0) is 0 Å². The van der Waals surface area contributed by atoms with Gasteiger partial charge in [-0.25, -0.2) is 8.78 Å². The van der Waals surface area contributed by atoms with Crippen LogP contribution in [0.1, 0.15) is 37.6 Å². The maximum absolute atomic E-state index is 12.7. The Kier molecular flexibility index (Phi) is 4.92. The van der Waals surface area contributed by atoms with E-state index < -0.39 is 6.43 Å². The standard InChI is InChI=1S/C10H12BrClF2N2/c1-6(2)16-9(12)7(4-3-5-11)8(15-16)10(13)14/h3-4,6,10H,5H2,1-2H3/b4-3+. The van der Waals surface area contributed by atoms with Crippen molar-refractivity contribution in [3.05, 3.63) is 22.5 Å². The van der Waals surface area contributed by atoms with Gasteiger partial charge in [0.05, 0.1) is 0 Å². The molecular formula is C10H12BrClF2N2. The molecule has 1 aromatic heterocycles. The van der Waals surface area contributed by atoms with Gasteiger partial charge in [0.2, 0.25) is 0 Å². The summed E-state index contributed by atoms with van der Waals surface area (Å²) in [5.41, 5.74) is 0.0284. The average Bonchev–Trinajstić information content (AvgIpc) is 2.53. The van der Waals surface area contributed by atoms with E-state index in [1.54, 1.807) is 12.2 Å².